The molecule has 22 heteroatoms. The zero-order chi connectivity index (χ0) is 49.3. The van der Waals surface area contributed by atoms with Gasteiger partial charge in [-0.2, -0.15) is 0 Å². The monoisotopic (exact) mass is 936 g/mol. The van der Waals surface area contributed by atoms with Gasteiger partial charge in [0.1, 0.15) is 36.6 Å². The van der Waals surface area contributed by atoms with Gasteiger partial charge in [-0.15, -0.1) is 0 Å². The van der Waals surface area contributed by atoms with Crippen molar-refractivity contribution in [3.05, 3.63) is 104 Å². The molecule has 4 aliphatic heterocycles. The van der Waals surface area contributed by atoms with E-state index in [9.17, 15) is 69.6 Å². The van der Waals surface area contributed by atoms with Crippen molar-refractivity contribution in [3.63, 3.8) is 0 Å². The number of aliphatic hydroxyl groups excluding tert-OH is 6. The first-order chi connectivity index (χ1) is 31.6. The molecule has 2 aromatic rings. The maximum atomic E-state index is 13.3. The summed E-state index contributed by atoms with van der Waals surface area (Å²) in [7, 11) is 0. The molecule has 0 bridgehead atoms. The van der Waals surface area contributed by atoms with Gasteiger partial charge in [-0.1, -0.05) is 25.3 Å². The molecule has 0 aromatic carbocycles. The smallest absolute Gasteiger partial charge is 0.335 e. The van der Waals surface area contributed by atoms with Gasteiger partial charge in [0, 0.05) is 64.5 Å². The van der Waals surface area contributed by atoms with Crippen LogP contribution >= 0.6 is 0 Å². The Labute approximate surface area is 381 Å². The molecule has 0 spiro atoms. The van der Waals surface area contributed by atoms with Crippen LogP contribution in [-0.2, 0) is 67.0 Å². The predicted octanol–water partition coefficient (Wildman–Crippen LogP) is -0.767. The number of nitrogens with one attached hydrogen (secondary N) is 4. The van der Waals surface area contributed by atoms with Crippen molar-refractivity contribution in [1.82, 2.24) is 20.6 Å². The first-order valence-corrected chi connectivity index (χ1v) is 21.0. The zero-order valence-electron chi connectivity index (χ0n) is 36.7. The third kappa shape index (κ3) is 10.1. The highest BCUT2D eigenvalue weighted by Crippen LogP contribution is 2.33. The first-order valence-electron chi connectivity index (χ1n) is 21.0. The van der Waals surface area contributed by atoms with Gasteiger partial charge in [-0.25, -0.2) is 9.59 Å². The number of aromatic amines is 2. The van der Waals surface area contributed by atoms with Crippen LogP contribution < -0.4 is 10.6 Å². The molecule has 6 heterocycles. The molecule has 2 aromatic heterocycles. The topological polar surface area (TPSA) is 357 Å². The quantitative estimate of drug-likeness (QED) is 0.0920. The van der Waals surface area contributed by atoms with Crippen molar-refractivity contribution in [3.8, 4) is 0 Å². The number of aliphatic carboxylic acids is 2. The molecule has 4 aliphatic rings. The summed E-state index contributed by atoms with van der Waals surface area (Å²) in [4.78, 5) is 81.9. The van der Waals surface area contributed by atoms with Crippen molar-refractivity contribution < 1.29 is 88.6 Å². The SMILES string of the molecule is C=CC1=C(C)/C(=C/c2[nH]c(Cc3[nH]c(/C=C4\NC(=O)C(C)=C4C=C)c(C)c3CCC(=O)O[C@@H]3O[C@H](C(=O)O)[C@@H](O)[C@H](O)[C@H]3O)c(CCC(=O)O[C@@H]3O[C@H](C(=O)O)[C@@H](O)[C@H](O)[C@H]3O)c2C)NC1=O. The second-order valence-electron chi connectivity index (χ2n) is 16.4. The fraction of sp³-hybridized carbons (Fsp3) is 0.422. The Morgan fingerprint density at radius 1 is 0.597 bits per heavy atom. The Morgan fingerprint density at radius 3 is 1.42 bits per heavy atom. The van der Waals surface area contributed by atoms with Crippen LogP contribution in [0.25, 0.3) is 12.2 Å². The lowest BCUT2D eigenvalue weighted by molar-refractivity contribution is -0.286. The lowest BCUT2D eigenvalue weighted by Gasteiger charge is -2.37. The Balaban J connectivity index is 1.35. The Kier molecular flexibility index (Phi) is 15.0. The zero-order valence-corrected chi connectivity index (χ0v) is 36.7. The van der Waals surface area contributed by atoms with Crippen LogP contribution in [0.2, 0.25) is 0 Å². The molecule has 10 atom stereocenters. The summed E-state index contributed by atoms with van der Waals surface area (Å²) in [5, 5.41) is 86.0. The first kappa shape index (κ1) is 49.9. The maximum Gasteiger partial charge on any atom is 0.335 e. The van der Waals surface area contributed by atoms with E-state index in [1.54, 1.807) is 39.8 Å². The van der Waals surface area contributed by atoms with Crippen LogP contribution in [0.4, 0.5) is 0 Å². The molecule has 360 valence electrons. The summed E-state index contributed by atoms with van der Waals surface area (Å²) in [6.07, 6.45) is -14.3. The number of carboxylic acids is 2. The van der Waals surface area contributed by atoms with Crippen LogP contribution in [0, 0.1) is 13.8 Å². The minimum absolute atomic E-state index is 0.0340. The van der Waals surface area contributed by atoms with Gasteiger partial charge in [0.05, 0.1) is 5.70 Å². The van der Waals surface area contributed by atoms with Crippen LogP contribution in [-0.4, -0.2) is 148 Å². The fourth-order valence-corrected chi connectivity index (χ4v) is 8.28. The summed E-state index contributed by atoms with van der Waals surface area (Å²) < 4.78 is 20.8. The highest BCUT2D eigenvalue weighted by Gasteiger charge is 2.50. The number of allylic oxidation sites excluding steroid dienone is 2. The molecule has 6 rings (SSSR count). The van der Waals surface area contributed by atoms with E-state index in [1.807, 2.05) is 0 Å². The van der Waals surface area contributed by atoms with Crippen LogP contribution in [0.1, 0.15) is 71.7 Å². The lowest BCUT2D eigenvalue weighted by Crippen LogP contribution is -2.60. The van der Waals surface area contributed by atoms with Crippen molar-refractivity contribution in [1.29, 1.82) is 0 Å². The number of hydrogen-bond donors (Lipinski definition) is 12. The Morgan fingerprint density at radius 2 is 1.01 bits per heavy atom. The van der Waals surface area contributed by atoms with E-state index in [-0.39, 0.29) is 43.9 Å². The van der Waals surface area contributed by atoms with Crippen molar-refractivity contribution in [2.24, 2.45) is 0 Å². The third-order valence-electron chi connectivity index (χ3n) is 12.2. The van der Waals surface area contributed by atoms with E-state index in [2.05, 4.69) is 33.8 Å². The Bertz CT molecular complexity index is 2530. The normalized spacial score (nSPS) is 28.7. The fourth-order valence-electron chi connectivity index (χ4n) is 8.28. The molecule has 0 aliphatic carbocycles. The Hall–Kier alpha value is -6.50. The molecular weight excluding hydrogens is 885 g/mol. The molecule has 2 amide bonds. The number of ether oxygens (including phenoxy) is 4. The number of carboxylic acid groups (broad SMARTS) is 2. The van der Waals surface area contributed by atoms with E-state index < -0.39 is 85.3 Å². The van der Waals surface area contributed by atoms with E-state index in [0.717, 1.165) is 0 Å². The number of aromatic nitrogens is 2. The summed E-state index contributed by atoms with van der Waals surface area (Å²) >= 11 is 0. The number of carbonyl (C=O) groups is 6. The summed E-state index contributed by atoms with van der Waals surface area (Å²) in [5.74, 6) is -5.96. The standard InChI is InChI=1S/C45H52N4O18/c1-7-20-19(6)40(58)49-27(20)14-25-18(5)23(10-12-31(51)65-45-37(57)33(53)35(55)39(67-45)43(62)63)29(47-25)15-28-22(17(4)24(46-28)13-26-16(3)21(8-2)41(59)48-26)9-11-30(50)64-44-36(56)32(52)34(54)38(66-44)42(60)61/h7-8,13-14,32-39,44-47,52-57H,1-2,9-12,15H2,3-6H3,(H,48,59)(H,49,58)(H,60,61)(H,62,63)/b26-13-,27-14-/t32-,33-,34-,35-,36+,37+,38-,39-,44+,45+/m0/s1. The van der Waals surface area contributed by atoms with Gasteiger partial charge in [0.2, 0.25) is 12.6 Å². The third-order valence-corrected chi connectivity index (χ3v) is 12.2. The van der Waals surface area contributed by atoms with Crippen LogP contribution in [0.3, 0.4) is 0 Å². The lowest BCUT2D eigenvalue weighted by atomic mass is 9.98. The number of esters is 2. The molecule has 12 N–H and O–H groups in total. The number of carbonyl (C=O) groups excluding carboxylic acids is 4. The second kappa shape index (κ2) is 20.2. The molecule has 67 heavy (non-hydrogen) atoms. The van der Waals surface area contributed by atoms with Gasteiger partial charge in [-0.05, 0) is 80.5 Å². The van der Waals surface area contributed by atoms with E-state index in [0.29, 0.717) is 78.7 Å². The number of amides is 2. The average Bonchev–Trinajstić information content (AvgIpc) is 3.93. The van der Waals surface area contributed by atoms with Crippen LogP contribution in [0.15, 0.2) is 59.0 Å². The molecule has 0 saturated carbocycles. The molecule has 22 nitrogen and oxygen atoms in total. The predicted molar refractivity (Wildman–Crippen MR) is 229 cm³/mol. The summed E-state index contributed by atoms with van der Waals surface area (Å²) in [5.41, 5.74) is 7.33. The van der Waals surface area contributed by atoms with E-state index in [1.165, 1.54) is 12.2 Å². The minimum Gasteiger partial charge on any atom is -0.479 e. The van der Waals surface area contributed by atoms with Gasteiger partial charge >= 0.3 is 23.9 Å². The van der Waals surface area contributed by atoms with E-state index >= 15 is 0 Å². The minimum atomic E-state index is -2.01. The van der Waals surface area contributed by atoms with Crippen molar-refractivity contribution in [2.45, 2.75) is 121 Å². The summed E-state index contributed by atoms with van der Waals surface area (Å²) in [6.45, 7) is 14.4. The molecule has 0 radical (unpaired) electrons. The van der Waals surface area contributed by atoms with Crippen molar-refractivity contribution in [2.75, 3.05) is 0 Å². The molecule has 2 saturated heterocycles. The average molecular weight is 937 g/mol. The molecule has 0 unspecified atom stereocenters. The second-order valence-corrected chi connectivity index (χ2v) is 16.4. The largest absolute Gasteiger partial charge is 0.479 e. The van der Waals surface area contributed by atoms with Gasteiger partial charge in [0.15, 0.2) is 12.2 Å². The van der Waals surface area contributed by atoms with E-state index in [4.69, 9.17) is 18.9 Å². The van der Waals surface area contributed by atoms with Gasteiger partial charge in [0.25, 0.3) is 11.8 Å². The maximum absolute atomic E-state index is 13.3. The van der Waals surface area contributed by atoms with Gasteiger partial charge < -0.3 is 80.4 Å². The summed E-state index contributed by atoms with van der Waals surface area (Å²) in [6, 6.07) is 0. The highest BCUT2D eigenvalue weighted by molar-refractivity contribution is 6.03. The number of rotatable bonds is 16. The highest BCUT2D eigenvalue weighted by atomic mass is 16.7. The molecule has 2 fully saturated rings. The number of aliphatic hydroxyl groups is 6. The number of hydrogen-bond acceptors (Lipinski definition) is 16. The van der Waals surface area contributed by atoms with Crippen molar-refractivity contribution >= 4 is 47.8 Å². The number of H-pyrrole nitrogens is 2. The molecular formula is C45H52N4O18. The van der Waals surface area contributed by atoms with Gasteiger partial charge in [-0.3, -0.25) is 19.2 Å². The van der Waals surface area contributed by atoms with Crippen LogP contribution in [0.5, 0.6) is 0 Å².